The zero-order chi connectivity index (χ0) is 12.9. The summed E-state index contributed by atoms with van der Waals surface area (Å²) in [7, 11) is 2.08. The largest absolute Gasteiger partial charge is 0.476 e. The predicted octanol–water partition coefficient (Wildman–Crippen LogP) is 1.54. The number of esters is 1. The van der Waals surface area contributed by atoms with Crippen molar-refractivity contribution in [3.8, 4) is 5.75 Å². The first-order chi connectivity index (χ1) is 7.99. The van der Waals surface area contributed by atoms with Crippen molar-refractivity contribution in [3.05, 3.63) is 29.8 Å². The highest BCUT2D eigenvalue weighted by molar-refractivity contribution is 6.08. The molecule has 1 rings (SSSR count). The maximum atomic E-state index is 11.7. The van der Waals surface area contributed by atoms with Crippen LogP contribution in [0.5, 0.6) is 5.75 Å². The van der Waals surface area contributed by atoms with Crippen LogP contribution in [0.15, 0.2) is 24.3 Å². The quantitative estimate of drug-likeness (QED) is 0.572. The lowest BCUT2D eigenvalue weighted by molar-refractivity contribution is -0.158. The third kappa shape index (κ3) is 3.81. The van der Waals surface area contributed by atoms with E-state index in [1.165, 1.54) is 5.56 Å². The summed E-state index contributed by atoms with van der Waals surface area (Å²) in [5.74, 6) is 0.351. The summed E-state index contributed by atoms with van der Waals surface area (Å²) in [6, 6.07) is 7.75. The van der Waals surface area contributed by atoms with E-state index in [2.05, 4.69) is 7.85 Å². The van der Waals surface area contributed by atoms with Gasteiger partial charge < -0.3 is 9.47 Å². The Morgan fingerprint density at radius 1 is 1.41 bits per heavy atom. The van der Waals surface area contributed by atoms with Gasteiger partial charge >= 0.3 is 5.97 Å². The second kappa shape index (κ2) is 5.76. The lowest BCUT2D eigenvalue weighted by Gasteiger charge is -2.24. The minimum atomic E-state index is -0.956. The molecule has 0 amide bonds. The molecule has 92 valence electrons. The average molecular weight is 234 g/mol. The molecule has 4 heteroatoms. The minimum Gasteiger partial charge on any atom is -0.476 e. The Morgan fingerprint density at radius 3 is 2.71 bits per heavy atom. The fraction of sp³-hybridized carbons (Fsp3) is 0.462. The molecular formula is C13H19BO3. The van der Waals surface area contributed by atoms with Crippen molar-refractivity contribution < 1.29 is 14.3 Å². The molecule has 17 heavy (non-hydrogen) atoms. The van der Waals surface area contributed by atoms with Crippen LogP contribution in [0.3, 0.4) is 0 Å². The van der Waals surface area contributed by atoms with Gasteiger partial charge in [0.05, 0.1) is 6.61 Å². The summed E-state index contributed by atoms with van der Waals surface area (Å²) in [5, 5.41) is 0. The summed E-state index contributed by atoms with van der Waals surface area (Å²) >= 11 is 0. The van der Waals surface area contributed by atoms with Crippen LogP contribution in [0.2, 0.25) is 0 Å². The molecule has 0 spiro atoms. The van der Waals surface area contributed by atoms with E-state index in [0.29, 0.717) is 12.4 Å². The van der Waals surface area contributed by atoms with E-state index >= 15 is 0 Å². The van der Waals surface area contributed by atoms with Crippen molar-refractivity contribution in [1.82, 2.24) is 0 Å². The molecule has 0 bridgehead atoms. The molecule has 0 fully saturated rings. The number of benzene rings is 1. The van der Waals surface area contributed by atoms with E-state index in [9.17, 15) is 4.79 Å². The summed E-state index contributed by atoms with van der Waals surface area (Å²) < 4.78 is 10.7. The van der Waals surface area contributed by atoms with Crippen molar-refractivity contribution in [2.75, 3.05) is 6.61 Å². The number of carbonyl (C=O) groups is 1. The van der Waals surface area contributed by atoms with E-state index in [4.69, 9.17) is 9.47 Å². The van der Waals surface area contributed by atoms with Gasteiger partial charge in [0, 0.05) is 0 Å². The third-order valence-electron chi connectivity index (χ3n) is 2.45. The Bertz CT molecular complexity index is 388. The standard InChI is InChI=1S/C13H19BO3/c1-4-16-12(15)13(2,3)17-11-7-5-6-10(8-11)9-14/h5-8H,4,9,14H2,1-3H3. The van der Waals surface area contributed by atoms with Gasteiger partial charge in [-0.15, -0.1) is 0 Å². The molecule has 0 unspecified atom stereocenters. The maximum absolute atomic E-state index is 11.7. The topological polar surface area (TPSA) is 35.5 Å². The van der Waals surface area contributed by atoms with Gasteiger partial charge in [0.25, 0.3) is 0 Å². The van der Waals surface area contributed by atoms with Gasteiger partial charge in [-0.1, -0.05) is 24.0 Å². The zero-order valence-corrected chi connectivity index (χ0v) is 10.9. The van der Waals surface area contributed by atoms with Gasteiger partial charge in [0.2, 0.25) is 0 Å². The van der Waals surface area contributed by atoms with Crippen LogP contribution in [-0.4, -0.2) is 26.0 Å². The summed E-state index contributed by atoms with van der Waals surface area (Å²) in [4.78, 5) is 11.7. The Hall–Kier alpha value is -1.45. The molecule has 0 aromatic heterocycles. The Labute approximate surface area is 104 Å². The highest BCUT2D eigenvalue weighted by Gasteiger charge is 2.31. The second-order valence-electron chi connectivity index (χ2n) is 4.33. The fourth-order valence-corrected chi connectivity index (χ4v) is 1.47. The molecule has 0 saturated heterocycles. The summed E-state index contributed by atoms with van der Waals surface area (Å²) in [5.41, 5.74) is 0.227. The van der Waals surface area contributed by atoms with Crippen molar-refractivity contribution in [3.63, 3.8) is 0 Å². The molecule has 0 radical (unpaired) electrons. The monoisotopic (exact) mass is 234 g/mol. The molecule has 3 nitrogen and oxygen atoms in total. The SMILES string of the molecule is BCc1cccc(OC(C)(C)C(=O)OCC)c1. The number of hydrogen-bond acceptors (Lipinski definition) is 3. The summed E-state index contributed by atoms with van der Waals surface area (Å²) in [6.07, 6.45) is 0.942. The summed E-state index contributed by atoms with van der Waals surface area (Å²) in [6.45, 7) is 5.57. The first kappa shape index (κ1) is 13.6. The third-order valence-corrected chi connectivity index (χ3v) is 2.45. The number of rotatable bonds is 5. The molecule has 1 aromatic rings. The molecule has 0 heterocycles. The van der Waals surface area contributed by atoms with Gasteiger partial charge in [0.15, 0.2) is 5.60 Å². The van der Waals surface area contributed by atoms with Gasteiger partial charge in [-0.05, 0) is 32.9 Å². The Balaban J connectivity index is 2.78. The van der Waals surface area contributed by atoms with Crippen LogP contribution in [0.25, 0.3) is 0 Å². The van der Waals surface area contributed by atoms with Gasteiger partial charge in [-0.2, -0.15) is 0 Å². The van der Waals surface area contributed by atoms with Crippen molar-refractivity contribution >= 4 is 13.8 Å². The lowest BCUT2D eigenvalue weighted by Crippen LogP contribution is -2.39. The highest BCUT2D eigenvalue weighted by atomic mass is 16.6. The first-order valence-corrected chi connectivity index (χ1v) is 5.94. The maximum Gasteiger partial charge on any atom is 0.349 e. The van der Waals surface area contributed by atoms with E-state index in [-0.39, 0.29) is 5.97 Å². The second-order valence-corrected chi connectivity index (χ2v) is 4.33. The normalized spacial score (nSPS) is 11.0. The average Bonchev–Trinajstić information content (AvgIpc) is 2.29. The molecule has 0 saturated carbocycles. The molecule has 0 atom stereocenters. The van der Waals surface area contributed by atoms with Gasteiger partial charge in [0.1, 0.15) is 13.6 Å². The highest BCUT2D eigenvalue weighted by Crippen LogP contribution is 2.20. The zero-order valence-electron chi connectivity index (χ0n) is 10.9. The Morgan fingerprint density at radius 2 is 2.12 bits per heavy atom. The van der Waals surface area contributed by atoms with E-state index in [1.54, 1.807) is 20.8 Å². The molecule has 0 aliphatic carbocycles. The smallest absolute Gasteiger partial charge is 0.349 e. The predicted molar refractivity (Wildman–Crippen MR) is 70.0 cm³/mol. The number of ether oxygens (including phenoxy) is 2. The van der Waals surface area contributed by atoms with Crippen molar-refractivity contribution in [2.24, 2.45) is 0 Å². The van der Waals surface area contributed by atoms with Crippen LogP contribution in [0.1, 0.15) is 26.3 Å². The molecule has 0 N–H and O–H groups in total. The van der Waals surface area contributed by atoms with E-state index in [0.717, 1.165) is 6.32 Å². The Kier molecular flexibility index (Phi) is 4.61. The minimum absolute atomic E-state index is 0.345. The van der Waals surface area contributed by atoms with E-state index in [1.807, 2.05) is 24.3 Å². The van der Waals surface area contributed by atoms with Crippen LogP contribution in [0, 0.1) is 0 Å². The van der Waals surface area contributed by atoms with Crippen LogP contribution in [0.4, 0.5) is 0 Å². The molecular weight excluding hydrogens is 215 g/mol. The van der Waals surface area contributed by atoms with Crippen LogP contribution < -0.4 is 4.74 Å². The number of hydrogen-bond donors (Lipinski definition) is 0. The first-order valence-electron chi connectivity index (χ1n) is 5.94. The van der Waals surface area contributed by atoms with Crippen LogP contribution in [-0.2, 0) is 15.9 Å². The number of carbonyl (C=O) groups excluding carboxylic acids is 1. The van der Waals surface area contributed by atoms with Gasteiger partial charge in [-0.25, -0.2) is 4.79 Å². The lowest BCUT2D eigenvalue weighted by atomic mass is 9.97. The van der Waals surface area contributed by atoms with Crippen LogP contribution >= 0.6 is 0 Å². The fourth-order valence-electron chi connectivity index (χ4n) is 1.47. The van der Waals surface area contributed by atoms with Crippen molar-refractivity contribution in [2.45, 2.75) is 32.7 Å². The molecule has 0 aliphatic rings. The van der Waals surface area contributed by atoms with Gasteiger partial charge in [-0.3, -0.25) is 0 Å². The molecule has 0 aliphatic heterocycles. The van der Waals surface area contributed by atoms with E-state index < -0.39 is 5.60 Å². The molecule has 1 aromatic carbocycles. The van der Waals surface area contributed by atoms with Crippen molar-refractivity contribution in [1.29, 1.82) is 0 Å².